The molecule has 1 nitrogen and oxygen atoms in total. The van der Waals surface area contributed by atoms with E-state index in [4.69, 9.17) is 23.2 Å². The maximum atomic E-state index is 6.09. The van der Waals surface area contributed by atoms with Crippen LogP contribution >= 0.6 is 23.2 Å². The van der Waals surface area contributed by atoms with Crippen LogP contribution in [0.25, 0.3) is 10.9 Å². The number of rotatable bonds is 3. The number of halogens is 2. The highest BCUT2D eigenvalue weighted by Gasteiger charge is 2.05. The van der Waals surface area contributed by atoms with Crippen molar-refractivity contribution in [1.29, 1.82) is 0 Å². The Morgan fingerprint density at radius 1 is 1.33 bits per heavy atom. The topological polar surface area (TPSA) is 4.93 Å². The lowest BCUT2D eigenvalue weighted by molar-refractivity contribution is 0.739. The van der Waals surface area contributed by atoms with Gasteiger partial charge in [-0.2, -0.15) is 0 Å². The molecule has 0 aliphatic heterocycles. The normalized spacial score (nSPS) is 10.8. The smallest absolute Gasteiger partial charge is 0.0514 e. The molecule has 0 aliphatic carbocycles. The minimum Gasteiger partial charge on any atom is -0.347 e. The van der Waals surface area contributed by atoms with Crippen molar-refractivity contribution in [3.8, 4) is 0 Å². The number of benzene rings is 1. The Kier molecular flexibility index (Phi) is 3.03. The minimum absolute atomic E-state index is 0.672. The number of hydrogen-bond donors (Lipinski definition) is 0. The van der Waals surface area contributed by atoms with E-state index in [9.17, 15) is 0 Å². The molecule has 0 aliphatic rings. The first kappa shape index (κ1) is 10.6. The van der Waals surface area contributed by atoms with E-state index in [-0.39, 0.29) is 0 Å². The van der Waals surface area contributed by atoms with Gasteiger partial charge in [-0.05, 0) is 24.6 Å². The Hall–Kier alpha value is -0.920. The van der Waals surface area contributed by atoms with Gasteiger partial charge in [0.1, 0.15) is 0 Å². The first-order valence-electron chi connectivity index (χ1n) is 4.77. The van der Waals surface area contributed by atoms with E-state index in [1.54, 1.807) is 6.07 Å². The van der Waals surface area contributed by atoms with Crippen LogP contribution in [0.1, 0.15) is 6.42 Å². The maximum absolute atomic E-state index is 6.09. The molecule has 0 spiro atoms. The number of allylic oxidation sites excluding steroid dienone is 1. The highest BCUT2D eigenvalue weighted by Crippen LogP contribution is 2.28. The van der Waals surface area contributed by atoms with Crippen LogP contribution in [0.5, 0.6) is 0 Å². The third kappa shape index (κ3) is 2.04. The van der Waals surface area contributed by atoms with Gasteiger partial charge in [-0.25, -0.2) is 0 Å². The van der Waals surface area contributed by atoms with Gasteiger partial charge in [0.15, 0.2) is 0 Å². The molecule has 3 heteroatoms. The number of aryl methyl sites for hydroxylation is 1. The van der Waals surface area contributed by atoms with Crippen molar-refractivity contribution in [2.75, 3.05) is 0 Å². The zero-order valence-corrected chi connectivity index (χ0v) is 9.72. The molecule has 1 heterocycles. The fourth-order valence-electron chi connectivity index (χ4n) is 1.64. The lowest BCUT2D eigenvalue weighted by atomic mass is 10.2. The first-order valence-corrected chi connectivity index (χ1v) is 5.53. The van der Waals surface area contributed by atoms with Crippen LogP contribution < -0.4 is 0 Å². The summed E-state index contributed by atoms with van der Waals surface area (Å²) < 4.78 is 2.13. The first-order chi connectivity index (χ1) is 7.22. The standard InChI is InChI=1S/C12H11Cl2N/c1-2-3-5-15-6-4-10-11(14)7-9(13)8-12(10)15/h2,4,6-8H,1,3,5H2. The second-order valence-corrected chi connectivity index (χ2v) is 4.25. The third-order valence-corrected chi connectivity index (χ3v) is 2.91. The summed E-state index contributed by atoms with van der Waals surface area (Å²) in [5.41, 5.74) is 1.08. The van der Waals surface area contributed by atoms with Crippen LogP contribution in [0.15, 0.2) is 37.1 Å². The van der Waals surface area contributed by atoms with Gasteiger partial charge in [0, 0.05) is 23.2 Å². The Labute approximate surface area is 98.9 Å². The molecule has 2 aromatic rings. The maximum Gasteiger partial charge on any atom is 0.0514 e. The van der Waals surface area contributed by atoms with Crippen molar-refractivity contribution < 1.29 is 0 Å². The highest BCUT2D eigenvalue weighted by molar-refractivity contribution is 6.38. The van der Waals surface area contributed by atoms with Crippen LogP contribution in [0, 0.1) is 0 Å². The molecule has 15 heavy (non-hydrogen) atoms. The van der Waals surface area contributed by atoms with Gasteiger partial charge in [0.2, 0.25) is 0 Å². The van der Waals surface area contributed by atoms with Crippen LogP contribution in [-0.2, 0) is 6.54 Å². The molecule has 0 amide bonds. The van der Waals surface area contributed by atoms with Gasteiger partial charge >= 0.3 is 0 Å². The van der Waals surface area contributed by atoms with Gasteiger partial charge in [-0.3, -0.25) is 0 Å². The van der Waals surface area contributed by atoms with Crippen LogP contribution in [0.2, 0.25) is 10.0 Å². The summed E-state index contributed by atoms with van der Waals surface area (Å²) in [4.78, 5) is 0. The molecule has 1 aromatic heterocycles. The Balaban J connectivity index is 2.53. The predicted octanol–water partition coefficient (Wildman–Crippen LogP) is 4.52. The summed E-state index contributed by atoms with van der Waals surface area (Å²) in [6, 6.07) is 5.71. The summed E-state index contributed by atoms with van der Waals surface area (Å²) in [6.07, 6.45) is 4.86. The summed E-state index contributed by atoms with van der Waals surface area (Å²) in [5, 5.41) is 2.42. The molecule has 2 rings (SSSR count). The molecule has 0 unspecified atom stereocenters. The van der Waals surface area contributed by atoms with E-state index in [2.05, 4.69) is 11.1 Å². The quantitative estimate of drug-likeness (QED) is 0.695. The zero-order valence-electron chi connectivity index (χ0n) is 8.21. The average molecular weight is 240 g/mol. The van der Waals surface area contributed by atoms with E-state index in [0.29, 0.717) is 10.0 Å². The number of aromatic nitrogens is 1. The molecule has 78 valence electrons. The van der Waals surface area contributed by atoms with Crippen LogP contribution in [-0.4, -0.2) is 4.57 Å². The number of fused-ring (bicyclic) bond motifs is 1. The van der Waals surface area contributed by atoms with E-state index in [1.165, 1.54) is 0 Å². The molecular weight excluding hydrogens is 229 g/mol. The predicted molar refractivity (Wildman–Crippen MR) is 66.8 cm³/mol. The summed E-state index contributed by atoms with van der Waals surface area (Å²) in [7, 11) is 0. The van der Waals surface area contributed by atoms with E-state index < -0.39 is 0 Å². The molecule has 0 fully saturated rings. The zero-order chi connectivity index (χ0) is 10.8. The SMILES string of the molecule is C=CCCn1ccc2c(Cl)cc(Cl)cc21. The lowest BCUT2D eigenvalue weighted by Crippen LogP contribution is -1.93. The van der Waals surface area contributed by atoms with Crippen molar-refractivity contribution in [3.63, 3.8) is 0 Å². The van der Waals surface area contributed by atoms with Gasteiger partial charge in [-0.1, -0.05) is 29.3 Å². The Morgan fingerprint density at radius 3 is 2.87 bits per heavy atom. The van der Waals surface area contributed by atoms with Gasteiger partial charge in [-0.15, -0.1) is 6.58 Å². The van der Waals surface area contributed by atoms with Crippen molar-refractivity contribution in [2.45, 2.75) is 13.0 Å². The molecule has 0 saturated carbocycles. The number of nitrogens with zero attached hydrogens (tertiary/aromatic N) is 1. The molecule has 0 radical (unpaired) electrons. The number of hydrogen-bond acceptors (Lipinski definition) is 0. The third-order valence-electron chi connectivity index (χ3n) is 2.38. The summed E-state index contributed by atoms with van der Waals surface area (Å²) in [6.45, 7) is 4.62. The van der Waals surface area contributed by atoms with Crippen LogP contribution in [0.4, 0.5) is 0 Å². The van der Waals surface area contributed by atoms with Gasteiger partial charge in [0.05, 0.1) is 10.5 Å². The summed E-state index contributed by atoms with van der Waals surface area (Å²) >= 11 is 12.1. The lowest BCUT2D eigenvalue weighted by Gasteiger charge is -2.04. The van der Waals surface area contributed by atoms with Gasteiger partial charge < -0.3 is 4.57 Å². The van der Waals surface area contributed by atoms with Crippen molar-refractivity contribution >= 4 is 34.1 Å². The van der Waals surface area contributed by atoms with Crippen LogP contribution in [0.3, 0.4) is 0 Å². The second-order valence-electron chi connectivity index (χ2n) is 3.41. The average Bonchev–Trinajstić information content (AvgIpc) is 2.58. The molecule has 0 bridgehead atoms. The van der Waals surface area contributed by atoms with E-state index in [1.807, 2.05) is 24.4 Å². The molecule has 0 N–H and O–H groups in total. The Morgan fingerprint density at radius 2 is 2.13 bits per heavy atom. The molecule has 0 saturated heterocycles. The monoisotopic (exact) mass is 239 g/mol. The Bertz CT molecular complexity index is 500. The van der Waals surface area contributed by atoms with Crippen molar-refractivity contribution in [3.05, 3.63) is 47.1 Å². The van der Waals surface area contributed by atoms with Gasteiger partial charge in [0.25, 0.3) is 0 Å². The van der Waals surface area contributed by atoms with Crippen molar-refractivity contribution in [2.24, 2.45) is 0 Å². The highest BCUT2D eigenvalue weighted by atomic mass is 35.5. The fraction of sp³-hybridized carbons (Fsp3) is 0.167. The minimum atomic E-state index is 0.672. The van der Waals surface area contributed by atoms with Crippen molar-refractivity contribution in [1.82, 2.24) is 4.57 Å². The second kappa shape index (κ2) is 4.30. The molecule has 1 aromatic carbocycles. The summed E-state index contributed by atoms with van der Waals surface area (Å²) in [5.74, 6) is 0. The molecule has 0 atom stereocenters. The van der Waals surface area contributed by atoms with E-state index >= 15 is 0 Å². The fourth-order valence-corrected chi connectivity index (χ4v) is 2.19. The van der Waals surface area contributed by atoms with E-state index in [0.717, 1.165) is 23.9 Å². The molecular formula is C12H11Cl2N. The largest absolute Gasteiger partial charge is 0.347 e.